The number of aromatic nitrogens is 2. The molecule has 2 heterocycles. The van der Waals surface area contributed by atoms with Gasteiger partial charge in [-0.1, -0.05) is 38.5 Å². The summed E-state index contributed by atoms with van der Waals surface area (Å²) in [7, 11) is 0. The third-order valence-corrected chi connectivity index (χ3v) is 8.63. The molecule has 1 amide bonds. The van der Waals surface area contributed by atoms with Crippen LogP contribution >= 0.6 is 11.3 Å². The van der Waals surface area contributed by atoms with Gasteiger partial charge in [-0.05, 0) is 56.9 Å². The molecule has 2 aromatic rings. The van der Waals surface area contributed by atoms with Gasteiger partial charge in [-0.15, -0.1) is 11.3 Å². The Kier molecular flexibility index (Phi) is 5.94. The first-order valence-corrected chi connectivity index (χ1v) is 12.9. The molecule has 0 saturated heterocycles. The van der Waals surface area contributed by atoms with Crippen molar-refractivity contribution in [3.8, 4) is 0 Å². The van der Waals surface area contributed by atoms with E-state index in [0.717, 1.165) is 68.0 Å². The zero-order valence-corrected chi connectivity index (χ0v) is 18.7. The zero-order chi connectivity index (χ0) is 20.5. The molecule has 0 bridgehead atoms. The molecule has 0 spiro atoms. The first kappa shape index (κ1) is 20.2. The Morgan fingerprint density at radius 3 is 2.43 bits per heavy atom. The molecule has 162 valence electrons. The quantitative estimate of drug-likeness (QED) is 0.738. The lowest BCUT2D eigenvalue weighted by atomic mass is 9.86. The van der Waals surface area contributed by atoms with Gasteiger partial charge in [0.05, 0.1) is 11.9 Å². The van der Waals surface area contributed by atoms with Crippen LogP contribution in [-0.2, 0) is 24.2 Å². The van der Waals surface area contributed by atoms with Gasteiger partial charge >= 0.3 is 0 Å². The normalized spacial score (nSPS) is 20.9. The van der Waals surface area contributed by atoms with Crippen LogP contribution in [0.2, 0.25) is 0 Å². The third kappa shape index (κ3) is 3.95. The minimum absolute atomic E-state index is 0.0110. The lowest BCUT2D eigenvalue weighted by molar-refractivity contribution is -0.140. The van der Waals surface area contributed by atoms with Crippen LogP contribution in [0.1, 0.15) is 93.3 Å². The minimum atomic E-state index is -0.0110. The summed E-state index contributed by atoms with van der Waals surface area (Å²) in [5.41, 5.74) is 1.21. The second-order valence-electron chi connectivity index (χ2n) is 9.50. The number of thiophene rings is 1. The number of hydrogen-bond donors (Lipinski definition) is 1. The number of nitrogens with one attached hydrogen (secondary N) is 1. The molecule has 3 aliphatic rings. The summed E-state index contributed by atoms with van der Waals surface area (Å²) in [5.74, 6) is 1.13. The molecule has 30 heavy (non-hydrogen) atoms. The second-order valence-corrected chi connectivity index (χ2v) is 10.6. The van der Waals surface area contributed by atoms with Gasteiger partial charge < -0.3 is 9.88 Å². The van der Waals surface area contributed by atoms with E-state index in [-0.39, 0.29) is 11.5 Å². The van der Waals surface area contributed by atoms with E-state index in [2.05, 4.69) is 9.88 Å². The fraction of sp³-hybridized carbons (Fsp3) is 0.708. The molecule has 5 rings (SSSR count). The molecule has 0 atom stereocenters. The summed E-state index contributed by atoms with van der Waals surface area (Å²) in [6, 6.07) is 0.297. The average Bonchev–Trinajstić information content (AvgIpc) is 3.17. The summed E-state index contributed by atoms with van der Waals surface area (Å²) >= 11 is 1.69. The number of aromatic amines is 1. The van der Waals surface area contributed by atoms with Gasteiger partial charge in [0, 0.05) is 16.8 Å². The van der Waals surface area contributed by atoms with Crippen molar-refractivity contribution in [1.29, 1.82) is 0 Å². The number of H-pyrrole nitrogens is 1. The van der Waals surface area contributed by atoms with Crippen molar-refractivity contribution < 1.29 is 4.79 Å². The number of hydrogen-bond acceptors (Lipinski definition) is 4. The van der Waals surface area contributed by atoms with Gasteiger partial charge in [0.2, 0.25) is 5.91 Å². The van der Waals surface area contributed by atoms with Crippen molar-refractivity contribution in [2.45, 2.75) is 102 Å². The minimum Gasteiger partial charge on any atom is -0.332 e. The van der Waals surface area contributed by atoms with Crippen LogP contribution in [0.5, 0.6) is 0 Å². The van der Waals surface area contributed by atoms with Crippen LogP contribution in [0.4, 0.5) is 0 Å². The van der Waals surface area contributed by atoms with Crippen molar-refractivity contribution in [2.24, 2.45) is 5.92 Å². The Hall–Kier alpha value is -1.69. The number of amides is 1. The number of fused-ring (bicyclic) bond motifs is 3. The fourth-order valence-corrected chi connectivity index (χ4v) is 7.09. The molecular weight excluding hydrogens is 394 g/mol. The maximum absolute atomic E-state index is 13.5. The highest BCUT2D eigenvalue weighted by Gasteiger charge is 2.32. The highest BCUT2D eigenvalue weighted by atomic mass is 32.1. The lowest BCUT2D eigenvalue weighted by Crippen LogP contribution is -2.45. The van der Waals surface area contributed by atoms with Crippen LogP contribution < -0.4 is 5.56 Å². The smallest absolute Gasteiger partial charge is 0.259 e. The number of rotatable bonds is 4. The van der Waals surface area contributed by atoms with E-state index >= 15 is 0 Å². The topological polar surface area (TPSA) is 66.1 Å². The summed E-state index contributed by atoms with van der Waals surface area (Å²) < 4.78 is 0. The van der Waals surface area contributed by atoms with Crippen molar-refractivity contribution in [1.82, 2.24) is 14.9 Å². The Morgan fingerprint density at radius 2 is 1.67 bits per heavy atom. The third-order valence-electron chi connectivity index (χ3n) is 7.45. The molecule has 2 aromatic heterocycles. The predicted octanol–water partition coefficient (Wildman–Crippen LogP) is 5.11. The SMILES string of the molecule is O=C(C1CCCCC1)N(Cc1nc2sc3c(c2c(=O)[nH]1)CCCC3)C1CCCCC1. The number of nitrogens with zero attached hydrogens (tertiary/aromatic N) is 2. The van der Waals surface area contributed by atoms with Crippen LogP contribution in [-0.4, -0.2) is 26.8 Å². The highest BCUT2D eigenvalue weighted by molar-refractivity contribution is 7.18. The van der Waals surface area contributed by atoms with E-state index in [1.54, 1.807) is 11.3 Å². The maximum atomic E-state index is 13.5. The first-order valence-electron chi connectivity index (χ1n) is 12.0. The van der Waals surface area contributed by atoms with E-state index < -0.39 is 0 Å². The molecule has 1 N–H and O–H groups in total. The molecule has 5 nitrogen and oxygen atoms in total. The van der Waals surface area contributed by atoms with E-state index in [1.807, 2.05) is 0 Å². The van der Waals surface area contributed by atoms with Crippen molar-refractivity contribution in [3.63, 3.8) is 0 Å². The molecule has 2 saturated carbocycles. The van der Waals surface area contributed by atoms with Crippen LogP contribution in [0, 0.1) is 5.92 Å². The van der Waals surface area contributed by atoms with E-state index in [9.17, 15) is 9.59 Å². The zero-order valence-electron chi connectivity index (χ0n) is 17.9. The molecule has 2 fully saturated rings. The average molecular weight is 428 g/mol. The van der Waals surface area contributed by atoms with Crippen molar-refractivity contribution >= 4 is 27.5 Å². The largest absolute Gasteiger partial charge is 0.332 e. The van der Waals surface area contributed by atoms with E-state index in [4.69, 9.17) is 4.98 Å². The Morgan fingerprint density at radius 1 is 0.967 bits per heavy atom. The molecule has 0 unspecified atom stereocenters. The molecule has 6 heteroatoms. The lowest BCUT2D eigenvalue weighted by Gasteiger charge is -2.37. The highest BCUT2D eigenvalue weighted by Crippen LogP contribution is 2.34. The summed E-state index contributed by atoms with van der Waals surface area (Å²) in [4.78, 5) is 38.7. The number of carbonyl (C=O) groups excluding carboxylic acids is 1. The van der Waals surface area contributed by atoms with Gasteiger partial charge in [0.25, 0.3) is 5.56 Å². The van der Waals surface area contributed by atoms with Crippen LogP contribution in [0.15, 0.2) is 4.79 Å². The van der Waals surface area contributed by atoms with Crippen molar-refractivity contribution in [3.05, 3.63) is 26.6 Å². The van der Waals surface area contributed by atoms with E-state index in [1.165, 1.54) is 42.5 Å². The van der Waals surface area contributed by atoms with Gasteiger partial charge in [0.15, 0.2) is 0 Å². The van der Waals surface area contributed by atoms with Gasteiger partial charge in [-0.25, -0.2) is 4.98 Å². The van der Waals surface area contributed by atoms with Gasteiger partial charge in [-0.2, -0.15) is 0 Å². The molecule has 3 aliphatic carbocycles. The predicted molar refractivity (Wildman–Crippen MR) is 121 cm³/mol. The monoisotopic (exact) mass is 427 g/mol. The van der Waals surface area contributed by atoms with Crippen molar-refractivity contribution in [2.75, 3.05) is 0 Å². The first-order chi connectivity index (χ1) is 14.7. The van der Waals surface area contributed by atoms with Crippen LogP contribution in [0.3, 0.4) is 0 Å². The number of carbonyl (C=O) groups is 1. The van der Waals surface area contributed by atoms with Crippen LogP contribution in [0.25, 0.3) is 10.2 Å². The molecule has 0 aromatic carbocycles. The fourth-order valence-electron chi connectivity index (χ4n) is 5.81. The summed E-state index contributed by atoms with van der Waals surface area (Å²) in [6.45, 7) is 0.452. The Labute approximate surface area is 182 Å². The summed E-state index contributed by atoms with van der Waals surface area (Å²) in [5, 5.41) is 0.807. The Bertz CT molecular complexity index is 967. The molecular formula is C24H33N3O2S. The maximum Gasteiger partial charge on any atom is 0.259 e. The molecule has 0 aliphatic heterocycles. The van der Waals surface area contributed by atoms with E-state index in [0.29, 0.717) is 24.3 Å². The molecule has 0 radical (unpaired) electrons. The summed E-state index contributed by atoms with van der Waals surface area (Å²) in [6.07, 6.45) is 15.9. The standard InChI is InChI=1S/C24H33N3O2S/c28-22-21-18-13-7-8-14-19(18)30-23(21)26-20(25-22)15-27(17-11-5-2-6-12-17)24(29)16-9-3-1-4-10-16/h16-17H,1-15H2,(H,25,26,28). The second kappa shape index (κ2) is 8.81. The van der Waals surface area contributed by atoms with Gasteiger partial charge in [-0.3, -0.25) is 9.59 Å². The number of aryl methyl sites for hydroxylation is 2. The van der Waals surface area contributed by atoms with Gasteiger partial charge in [0.1, 0.15) is 10.7 Å². The Balaban J connectivity index is 1.45.